The minimum Gasteiger partial charge on any atom is -0.313 e. The standard InChI is InChI=1S/C16H20Cl2N2O2/c1-20(2)10-12-5-3-4-6-15(12)19-22-16(21)11-7-8-13(17)14(18)9-11/h7-9,12H,3-6,10H2,1-2H3/b19-15+/t12-/m0/s1. The van der Waals surface area contributed by atoms with Crippen molar-refractivity contribution in [2.45, 2.75) is 25.7 Å². The zero-order chi connectivity index (χ0) is 16.1. The lowest BCUT2D eigenvalue weighted by molar-refractivity contribution is 0.0511. The molecule has 0 N–H and O–H groups in total. The molecule has 22 heavy (non-hydrogen) atoms. The van der Waals surface area contributed by atoms with Gasteiger partial charge in [0.1, 0.15) is 0 Å². The summed E-state index contributed by atoms with van der Waals surface area (Å²) in [5, 5.41) is 4.84. The summed E-state index contributed by atoms with van der Waals surface area (Å²) in [6, 6.07) is 4.64. The van der Waals surface area contributed by atoms with Crippen LogP contribution in [0, 0.1) is 5.92 Å². The molecule has 2 rings (SSSR count). The van der Waals surface area contributed by atoms with Gasteiger partial charge in [-0.15, -0.1) is 0 Å². The van der Waals surface area contributed by atoms with Crippen LogP contribution in [0.3, 0.4) is 0 Å². The Morgan fingerprint density at radius 1 is 1.32 bits per heavy atom. The predicted octanol–water partition coefficient (Wildman–Crippen LogP) is 4.26. The van der Waals surface area contributed by atoms with Crippen molar-refractivity contribution in [2.24, 2.45) is 11.1 Å². The van der Waals surface area contributed by atoms with Crippen molar-refractivity contribution in [3.05, 3.63) is 33.8 Å². The highest BCUT2D eigenvalue weighted by Gasteiger charge is 2.22. The molecule has 0 aromatic heterocycles. The third kappa shape index (κ3) is 4.70. The number of benzene rings is 1. The van der Waals surface area contributed by atoms with Crippen molar-refractivity contribution in [2.75, 3.05) is 20.6 Å². The summed E-state index contributed by atoms with van der Waals surface area (Å²) in [4.78, 5) is 19.3. The molecule has 0 unspecified atom stereocenters. The van der Waals surface area contributed by atoms with Crippen LogP contribution in [0.15, 0.2) is 23.4 Å². The Labute approximate surface area is 141 Å². The summed E-state index contributed by atoms with van der Waals surface area (Å²) in [7, 11) is 4.07. The Morgan fingerprint density at radius 3 is 2.77 bits per heavy atom. The van der Waals surface area contributed by atoms with E-state index >= 15 is 0 Å². The summed E-state index contributed by atoms with van der Waals surface area (Å²) in [5.41, 5.74) is 1.31. The molecule has 1 saturated carbocycles. The molecule has 1 atom stereocenters. The maximum absolute atomic E-state index is 12.0. The molecule has 4 nitrogen and oxygen atoms in total. The normalized spacial score (nSPS) is 20.4. The van der Waals surface area contributed by atoms with Crippen LogP contribution in [-0.4, -0.2) is 37.2 Å². The molecule has 1 fully saturated rings. The van der Waals surface area contributed by atoms with Crippen LogP contribution in [0.2, 0.25) is 10.0 Å². The molecule has 120 valence electrons. The largest absolute Gasteiger partial charge is 0.365 e. The molecular weight excluding hydrogens is 323 g/mol. The zero-order valence-corrected chi connectivity index (χ0v) is 14.3. The number of hydrogen-bond donors (Lipinski definition) is 0. The highest BCUT2D eigenvalue weighted by Crippen LogP contribution is 2.24. The summed E-state index contributed by atoms with van der Waals surface area (Å²) >= 11 is 11.7. The second kappa shape index (κ2) is 7.95. The van der Waals surface area contributed by atoms with Crippen LogP contribution < -0.4 is 0 Å². The molecule has 0 heterocycles. The Hall–Kier alpha value is -1.10. The van der Waals surface area contributed by atoms with Crippen LogP contribution in [-0.2, 0) is 4.84 Å². The van der Waals surface area contributed by atoms with Gasteiger partial charge in [-0.1, -0.05) is 34.8 Å². The van der Waals surface area contributed by atoms with Gasteiger partial charge in [-0.3, -0.25) is 0 Å². The van der Waals surface area contributed by atoms with Crippen LogP contribution in [0.25, 0.3) is 0 Å². The van der Waals surface area contributed by atoms with Crippen molar-refractivity contribution < 1.29 is 9.63 Å². The van der Waals surface area contributed by atoms with Crippen LogP contribution >= 0.6 is 23.2 Å². The number of oxime groups is 1. The molecule has 1 aliphatic carbocycles. The molecule has 1 aromatic rings. The van der Waals surface area contributed by atoms with Crippen LogP contribution in [0.1, 0.15) is 36.0 Å². The third-order valence-electron chi connectivity index (χ3n) is 3.69. The van der Waals surface area contributed by atoms with Gasteiger partial charge < -0.3 is 9.74 Å². The number of carbonyl (C=O) groups excluding carboxylic acids is 1. The number of nitrogens with zero attached hydrogens (tertiary/aromatic N) is 2. The van der Waals surface area contributed by atoms with Gasteiger partial charge in [-0.2, -0.15) is 0 Å². The third-order valence-corrected chi connectivity index (χ3v) is 4.43. The maximum Gasteiger partial charge on any atom is 0.365 e. The Kier molecular flexibility index (Phi) is 6.24. The number of carbonyl (C=O) groups is 1. The van der Waals surface area contributed by atoms with E-state index < -0.39 is 5.97 Å². The molecule has 6 heteroatoms. The highest BCUT2D eigenvalue weighted by atomic mass is 35.5. The summed E-state index contributed by atoms with van der Waals surface area (Å²) < 4.78 is 0. The maximum atomic E-state index is 12.0. The molecule has 0 aliphatic heterocycles. The smallest absolute Gasteiger partial charge is 0.313 e. The first-order chi connectivity index (χ1) is 10.5. The topological polar surface area (TPSA) is 41.9 Å². The van der Waals surface area contributed by atoms with Gasteiger partial charge in [0.2, 0.25) is 0 Å². The fraction of sp³-hybridized carbons (Fsp3) is 0.500. The van der Waals surface area contributed by atoms with Crippen molar-refractivity contribution in [1.29, 1.82) is 0 Å². The first-order valence-corrected chi connectivity index (χ1v) is 8.11. The van der Waals surface area contributed by atoms with E-state index in [9.17, 15) is 4.79 Å². The minimum absolute atomic E-state index is 0.326. The van der Waals surface area contributed by atoms with Crippen molar-refractivity contribution in [3.63, 3.8) is 0 Å². The lowest BCUT2D eigenvalue weighted by atomic mass is 9.87. The van der Waals surface area contributed by atoms with E-state index in [4.69, 9.17) is 28.0 Å². The van der Waals surface area contributed by atoms with Gasteiger partial charge in [0, 0.05) is 12.5 Å². The second-order valence-corrected chi connectivity index (χ2v) is 6.61. The second-order valence-electron chi connectivity index (χ2n) is 5.80. The van der Waals surface area contributed by atoms with E-state index in [0.717, 1.165) is 31.5 Å². The number of hydrogen-bond acceptors (Lipinski definition) is 4. The van der Waals surface area contributed by atoms with Gasteiger partial charge >= 0.3 is 5.97 Å². The first-order valence-electron chi connectivity index (χ1n) is 7.35. The van der Waals surface area contributed by atoms with E-state index in [1.165, 1.54) is 12.5 Å². The van der Waals surface area contributed by atoms with Gasteiger partial charge in [-0.05, 0) is 51.6 Å². The molecule has 0 bridgehead atoms. The molecule has 0 amide bonds. The quantitative estimate of drug-likeness (QED) is 0.606. The van der Waals surface area contributed by atoms with E-state index in [1.54, 1.807) is 12.1 Å². The summed E-state index contributed by atoms with van der Waals surface area (Å²) in [5.74, 6) is -0.161. The molecular formula is C16H20Cl2N2O2. The average Bonchev–Trinajstić information content (AvgIpc) is 2.48. The fourth-order valence-corrected chi connectivity index (χ4v) is 2.90. The monoisotopic (exact) mass is 342 g/mol. The van der Waals surface area contributed by atoms with E-state index in [0.29, 0.717) is 21.5 Å². The van der Waals surface area contributed by atoms with Crippen LogP contribution in [0.4, 0.5) is 0 Å². The van der Waals surface area contributed by atoms with Gasteiger partial charge in [0.05, 0.1) is 21.3 Å². The minimum atomic E-state index is -0.514. The Balaban J connectivity index is 2.04. The van der Waals surface area contributed by atoms with E-state index in [1.807, 2.05) is 14.1 Å². The van der Waals surface area contributed by atoms with Gasteiger partial charge in [0.15, 0.2) is 0 Å². The fourth-order valence-electron chi connectivity index (χ4n) is 2.60. The average molecular weight is 343 g/mol. The number of halogens is 2. The Morgan fingerprint density at radius 2 is 2.09 bits per heavy atom. The molecule has 0 saturated heterocycles. The predicted molar refractivity (Wildman–Crippen MR) is 89.8 cm³/mol. The lowest BCUT2D eigenvalue weighted by Crippen LogP contribution is -2.30. The van der Waals surface area contributed by atoms with E-state index in [2.05, 4.69) is 10.1 Å². The van der Waals surface area contributed by atoms with Gasteiger partial charge in [-0.25, -0.2) is 4.79 Å². The molecule has 1 aromatic carbocycles. The van der Waals surface area contributed by atoms with Crippen molar-refractivity contribution >= 4 is 34.9 Å². The zero-order valence-electron chi connectivity index (χ0n) is 12.8. The summed E-state index contributed by atoms with van der Waals surface area (Å²) in [6.07, 6.45) is 4.25. The lowest BCUT2D eigenvalue weighted by Gasteiger charge is -2.25. The Bertz CT molecular complexity index is 573. The number of rotatable bonds is 4. The van der Waals surface area contributed by atoms with E-state index in [-0.39, 0.29) is 0 Å². The molecule has 0 spiro atoms. The summed E-state index contributed by atoms with van der Waals surface area (Å²) in [6.45, 7) is 0.920. The van der Waals surface area contributed by atoms with Crippen molar-refractivity contribution in [3.8, 4) is 0 Å². The van der Waals surface area contributed by atoms with Gasteiger partial charge in [0.25, 0.3) is 0 Å². The van der Waals surface area contributed by atoms with Crippen LogP contribution in [0.5, 0.6) is 0 Å². The highest BCUT2D eigenvalue weighted by molar-refractivity contribution is 6.42. The van der Waals surface area contributed by atoms with Crippen molar-refractivity contribution in [1.82, 2.24) is 4.90 Å². The molecule has 0 radical (unpaired) electrons. The SMILES string of the molecule is CN(C)C[C@@H]1CCCC/C1=N\OC(=O)c1ccc(Cl)c(Cl)c1. The first kappa shape index (κ1) is 17.3. The molecule has 1 aliphatic rings.